The molecule has 1 heterocycles. The zero-order chi connectivity index (χ0) is 20.3. The van der Waals surface area contributed by atoms with Crippen LogP contribution in [-0.4, -0.2) is 45.5 Å². The van der Waals surface area contributed by atoms with Crippen LogP contribution in [0.2, 0.25) is 0 Å². The van der Waals surface area contributed by atoms with Crippen LogP contribution in [0.1, 0.15) is 18.1 Å². The van der Waals surface area contributed by atoms with Gasteiger partial charge in [0.1, 0.15) is 11.5 Å². The Balaban J connectivity index is 1.79. The molecule has 1 atom stereocenters. The van der Waals surface area contributed by atoms with Crippen molar-refractivity contribution in [3.8, 4) is 5.75 Å². The maximum Gasteiger partial charge on any atom is 0.273 e. The molecule has 0 aliphatic carbocycles. The SMILES string of the molecule is COc1ccc(S(=O)(=O)N(C)C)cc1NC(=O)C1=NOC(c2ccccc2)C1. The van der Waals surface area contributed by atoms with Gasteiger partial charge < -0.3 is 14.9 Å². The minimum absolute atomic E-state index is 0.0420. The second-order valence-electron chi connectivity index (χ2n) is 6.35. The van der Waals surface area contributed by atoms with E-state index in [-0.39, 0.29) is 22.4 Å². The summed E-state index contributed by atoms with van der Waals surface area (Å²) in [6, 6.07) is 13.7. The second kappa shape index (κ2) is 7.99. The first-order chi connectivity index (χ1) is 13.3. The molecule has 0 spiro atoms. The molecule has 1 unspecified atom stereocenters. The summed E-state index contributed by atoms with van der Waals surface area (Å²) in [5.74, 6) is -0.138. The Morgan fingerprint density at radius 3 is 2.57 bits per heavy atom. The number of nitrogens with zero attached hydrogens (tertiary/aromatic N) is 2. The zero-order valence-corrected chi connectivity index (χ0v) is 16.6. The van der Waals surface area contributed by atoms with E-state index in [1.807, 2.05) is 30.3 Å². The van der Waals surface area contributed by atoms with Gasteiger partial charge in [0, 0.05) is 20.5 Å². The lowest BCUT2D eigenvalue weighted by Crippen LogP contribution is -2.24. The molecule has 148 valence electrons. The van der Waals surface area contributed by atoms with E-state index >= 15 is 0 Å². The van der Waals surface area contributed by atoms with Gasteiger partial charge in [0.2, 0.25) is 10.0 Å². The van der Waals surface area contributed by atoms with Gasteiger partial charge in [-0.2, -0.15) is 0 Å². The van der Waals surface area contributed by atoms with E-state index in [1.54, 1.807) is 0 Å². The van der Waals surface area contributed by atoms with Crippen molar-refractivity contribution >= 4 is 27.3 Å². The topological polar surface area (TPSA) is 97.3 Å². The van der Waals surface area contributed by atoms with Gasteiger partial charge in [-0.25, -0.2) is 12.7 Å². The van der Waals surface area contributed by atoms with Crippen LogP contribution in [0.3, 0.4) is 0 Å². The number of oxime groups is 1. The molecule has 8 nitrogen and oxygen atoms in total. The third kappa shape index (κ3) is 4.00. The number of nitrogens with one attached hydrogen (secondary N) is 1. The molecule has 1 aliphatic heterocycles. The Morgan fingerprint density at radius 2 is 1.93 bits per heavy atom. The molecule has 1 N–H and O–H groups in total. The summed E-state index contributed by atoms with van der Waals surface area (Å²) in [7, 11) is 0.658. The number of sulfonamides is 1. The fraction of sp³-hybridized carbons (Fsp3) is 0.263. The maximum absolute atomic E-state index is 12.6. The zero-order valence-electron chi connectivity index (χ0n) is 15.7. The Labute approximate surface area is 163 Å². The lowest BCUT2D eigenvalue weighted by atomic mass is 10.0. The maximum atomic E-state index is 12.6. The molecule has 1 aliphatic rings. The Hall–Kier alpha value is -2.91. The first-order valence-electron chi connectivity index (χ1n) is 8.52. The van der Waals surface area contributed by atoms with E-state index < -0.39 is 15.9 Å². The molecule has 0 radical (unpaired) electrons. The Kier molecular flexibility index (Phi) is 5.66. The van der Waals surface area contributed by atoms with Crippen LogP contribution in [0.15, 0.2) is 58.6 Å². The number of rotatable bonds is 6. The number of carbonyl (C=O) groups is 1. The first kappa shape index (κ1) is 19.8. The molecule has 0 saturated carbocycles. The fourth-order valence-electron chi connectivity index (χ4n) is 2.71. The largest absolute Gasteiger partial charge is 0.495 e. The van der Waals surface area contributed by atoms with E-state index in [1.165, 1.54) is 39.4 Å². The van der Waals surface area contributed by atoms with Crippen molar-refractivity contribution in [2.45, 2.75) is 17.4 Å². The summed E-state index contributed by atoms with van der Waals surface area (Å²) in [6.45, 7) is 0. The van der Waals surface area contributed by atoms with Crippen molar-refractivity contribution in [2.24, 2.45) is 5.16 Å². The van der Waals surface area contributed by atoms with Crippen LogP contribution in [0.4, 0.5) is 5.69 Å². The highest BCUT2D eigenvalue weighted by Gasteiger charge is 2.28. The molecular formula is C19H21N3O5S. The monoisotopic (exact) mass is 403 g/mol. The summed E-state index contributed by atoms with van der Waals surface area (Å²) >= 11 is 0. The van der Waals surface area contributed by atoms with Crippen LogP contribution in [0, 0.1) is 0 Å². The predicted molar refractivity (Wildman–Crippen MR) is 105 cm³/mol. The lowest BCUT2D eigenvalue weighted by Gasteiger charge is -2.15. The summed E-state index contributed by atoms with van der Waals surface area (Å²) in [6.07, 6.45) is -0.0160. The van der Waals surface area contributed by atoms with Gasteiger partial charge in [-0.1, -0.05) is 35.5 Å². The highest BCUT2D eigenvalue weighted by Crippen LogP contribution is 2.30. The minimum atomic E-state index is -3.65. The van der Waals surface area contributed by atoms with E-state index in [0.29, 0.717) is 12.2 Å². The quantitative estimate of drug-likeness (QED) is 0.799. The molecule has 0 saturated heterocycles. The Morgan fingerprint density at radius 1 is 1.21 bits per heavy atom. The molecule has 0 fully saturated rings. The van der Waals surface area contributed by atoms with Gasteiger partial charge >= 0.3 is 0 Å². The van der Waals surface area contributed by atoms with Crippen molar-refractivity contribution in [3.63, 3.8) is 0 Å². The molecule has 2 aromatic carbocycles. The Bertz CT molecular complexity index is 1000. The third-order valence-corrected chi connectivity index (χ3v) is 6.11. The van der Waals surface area contributed by atoms with Gasteiger partial charge in [0.05, 0.1) is 17.7 Å². The lowest BCUT2D eigenvalue weighted by molar-refractivity contribution is -0.110. The van der Waals surface area contributed by atoms with Gasteiger partial charge in [0.15, 0.2) is 6.10 Å². The number of hydrogen-bond acceptors (Lipinski definition) is 6. The van der Waals surface area contributed by atoms with Crippen molar-refractivity contribution in [2.75, 3.05) is 26.5 Å². The van der Waals surface area contributed by atoms with Crippen molar-refractivity contribution < 1.29 is 22.8 Å². The number of benzene rings is 2. The molecule has 3 rings (SSSR count). The summed E-state index contributed by atoms with van der Waals surface area (Å²) in [4.78, 5) is 18.0. The molecule has 0 bridgehead atoms. The highest BCUT2D eigenvalue weighted by atomic mass is 32.2. The van der Waals surface area contributed by atoms with Crippen LogP contribution >= 0.6 is 0 Å². The van der Waals surface area contributed by atoms with E-state index in [0.717, 1.165) is 9.87 Å². The number of methoxy groups -OCH3 is 1. The van der Waals surface area contributed by atoms with Crippen LogP contribution < -0.4 is 10.1 Å². The summed E-state index contributed by atoms with van der Waals surface area (Å²) in [5.41, 5.74) is 1.38. The normalized spacial score (nSPS) is 16.4. The van der Waals surface area contributed by atoms with Crippen LogP contribution in [-0.2, 0) is 19.7 Å². The standard InChI is InChI=1S/C19H21N3O5S/c1-22(2)28(24,25)14-9-10-17(26-3)15(11-14)20-19(23)16-12-18(27-21-16)13-7-5-4-6-8-13/h4-11,18H,12H2,1-3H3,(H,20,23). The van der Waals surface area contributed by atoms with Crippen molar-refractivity contribution in [1.82, 2.24) is 4.31 Å². The molecule has 9 heteroatoms. The average Bonchev–Trinajstić information content (AvgIpc) is 3.19. The van der Waals surface area contributed by atoms with Gasteiger partial charge in [-0.3, -0.25) is 4.79 Å². The van der Waals surface area contributed by atoms with Gasteiger partial charge in [0.25, 0.3) is 5.91 Å². The summed E-state index contributed by atoms with van der Waals surface area (Å²) < 4.78 is 31.0. The number of carbonyl (C=O) groups excluding carboxylic acids is 1. The summed E-state index contributed by atoms with van der Waals surface area (Å²) in [5, 5.41) is 6.55. The minimum Gasteiger partial charge on any atom is -0.495 e. The second-order valence-corrected chi connectivity index (χ2v) is 8.50. The number of ether oxygens (including phenoxy) is 1. The number of anilines is 1. The molecule has 0 aromatic heterocycles. The molecule has 1 amide bonds. The van der Waals surface area contributed by atoms with E-state index in [4.69, 9.17) is 9.57 Å². The molecular weight excluding hydrogens is 382 g/mol. The van der Waals surface area contributed by atoms with E-state index in [9.17, 15) is 13.2 Å². The predicted octanol–water partition coefficient (Wildman–Crippen LogP) is 2.40. The first-order valence-corrected chi connectivity index (χ1v) is 9.96. The smallest absolute Gasteiger partial charge is 0.273 e. The van der Waals surface area contributed by atoms with Gasteiger partial charge in [-0.05, 0) is 23.8 Å². The highest BCUT2D eigenvalue weighted by molar-refractivity contribution is 7.89. The van der Waals surface area contributed by atoms with Crippen LogP contribution in [0.5, 0.6) is 5.75 Å². The van der Waals surface area contributed by atoms with Crippen LogP contribution in [0.25, 0.3) is 0 Å². The third-order valence-electron chi connectivity index (χ3n) is 4.30. The number of amides is 1. The molecule has 2 aromatic rings. The van der Waals surface area contributed by atoms with Crippen molar-refractivity contribution in [3.05, 3.63) is 54.1 Å². The molecule has 28 heavy (non-hydrogen) atoms. The van der Waals surface area contributed by atoms with Crippen molar-refractivity contribution in [1.29, 1.82) is 0 Å². The fourth-order valence-corrected chi connectivity index (χ4v) is 3.64. The van der Waals surface area contributed by atoms with Gasteiger partial charge in [-0.15, -0.1) is 0 Å². The number of hydrogen-bond donors (Lipinski definition) is 1. The van der Waals surface area contributed by atoms with E-state index in [2.05, 4.69) is 10.5 Å². The average molecular weight is 403 g/mol.